The Morgan fingerprint density at radius 1 is 1.15 bits per heavy atom. The Morgan fingerprint density at radius 3 is 2.58 bits per heavy atom. The first-order valence-corrected chi connectivity index (χ1v) is 8.88. The number of carbonyl (C=O) groups excluding carboxylic acids is 2. The van der Waals surface area contributed by atoms with Crippen molar-refractivity contribution in [3.8, 4) is 0 Å². The Balaban J connectivity index is 1.57. The summed E-state index contributed by atoms with van der Waals surface area (Å²) in [5.41, 5.74) is 2.41. The van der Waals surface area contributed by atoms with E-state index in [1.165, 1.54) is 11.0 Å². The highest BCUT2D eigenvalue weighted by molar-refractivity contribution is 5.95. The van der Waals surface area contributed by atoms with Gasteiger partial charge in [0.15, 0.2) is 0 Å². The number of hydrogen-bond acceptors (Lipinski definition) is 2. The molecule has 1 fully saturated rings. The van der Waals surface area contributed by atoms with Crippen LogP contribution in [0.2, 0.25) is 0 Å². The number of aryl methyl sites for hydroxylation is 1. The van der Waals surface area contributed by atoms with Gasteiger partial charge >= 0.3 is 0 Å². The molecule has 0 aromatic heterocycles. The van der Waals surface area contributed by atoms with E-state index in [0.29, 0.717) is 12.0 Å². The lowest BCUT2D eigenvalue weighted by atomic mass is 10.1. The van der Waals surface area contributed by atoms with Gasteiger partial charge < -0.3 is 10.2 Å². The topological polar surface area (TPSA) is 49.4 Å². The molecule has 3 rings (SSSR count). The Morgan fingerprint density at radius 2 is 1.85 bits per heavy atom. The van der Waals surface area contributed by atoms with Crippen molar-refractivity contribution in [3.63, 3.8) is 0 Å². The van der Waals surface area contributed by atoms with E-state index in [-0.39, 0.29) is 36.0 Å². The molecule has 5 heteroatoms. The summed E-state index contributed by atoms with van der Waals surface area (Å²) in [4.78, 5) is 26.2. The minimum atomic E-state index is -0.274. The van der Waals surface area contributed by atoms with E-state index in [1.807, 2.05) is 31.2 Å². The number of likely N-dealkylation sites (N-methyl/N-ethyl adjacent to an activating group) is 1. The van der Waals surface area contributed by atoms with Crippen molar-refractivity contribution in [1.29, 1.82) is 0 Å². The highest BCUT2D eigenvalue weighted by Gasteiger charge is 2.46. The first-order valence-electron chi connectivity index (χ1n) is 8.88. The Kier molecular flexibility index (Phi) is 5.35. The average Bonchev–Trinajstić information content (AvgIpc) is 3.42. The Labute approximate surface area is 153 Å². The van der Waals surface area contributed by atoms with Crippen molar-refractivity contribution in [2.24, 2.45) is 5.92 Å². The van der Waals surface area contributed by atoms with Crippen LogP contribution >= 0.6 is 0 Å². The number of amides is 2. The van der Waals surface area contributed by atoms with E-state index in [9.17, 15) is 14.0 Å². The van der Waals surface area contributed by atoms with Gasteiger partial charge in [-0.2, -0.15) is 0 Å². The molecule has 0 radical (unpaired) electrons. The summed E-state index contributed by atoms with van der Waals surface area (Å²) in [5.74, 6) is -0.950. The van der Waals surface area contributed by atoms with Gasteiger partial charge in [0.25, 0.3) is 0 Å². The van der Waals surface area contributed by atoms with Crippen LogP contribution in [0.4, 0.5) is 10.1 Å². The fourth-order valence-electron chi connectivity index (χ4n) is 3.30. The molecule has 2 aromatic carbocycles. The lowest BCUT2D eigenvalue weighted by molar-refractivity contribution is -0.134. The van der Waals surface area contributed by atoms with Crippen molar-refractivity contribution in [2.45, 2.75) is 25.7 Å². The van der Waals surface area contributed by atoms with Crippen LogP contribution in [-0.4, -0.2) is 30.3 Å². The maximum absolute atomic E-state index is 13.9. The average molecular weight is 354 g/mol. The van der Waals surface area contributed by atoms with Crippen molar-refractivity contribution in [3.05, 3.63) is 65.5 Å². The summed E-state index contributed by atoms with van der Waals surface area (Å²) in [6.45, 7) is 2.01. The molecule has 2 aromatic rings. The summed E-state index contributed by atoms with van der Waals surface area (Å²) in [7, 11) is 1.62. The van der Waals surface area contributed by atoms with Crippen LogP contribution in [0.25, 0.3) is 0 Å². The van der Waals surface area contributed by atoms with E-state index in [4.69, 9.17) is 0 Å². The van der Waals surface area contributed by atoms with Gasteiger partial charge in [0.2, 0.25) is 11.8 Å². The molecule has 2 unspecified atom stereocenters. The highest BCUT2D eigenvalue weighted by atomic mass is 19.1. The summed E-state index contributed by atoms with van der Waals surface area (Å²) >= 11 is 0. The molecular weight excluding hydrogens is 331 g/mol. The molecule has 136 valence electrons. The number of nitrogens with zero attached hydrogens (tertiary/aromatic N) is 1. The molecule has 0 saturated heterocycles. The third kappa shape index (κ3) is 3.93. The Hall–Kier alpha value is -2.69. The lowest BCUT2D eigenvalue weighted by Gasteiger charge is -2.18. The molecule has 1 aliphatic carbocycles. The predicted molar refractivity (Wildman–Crippen MR) is 99.3 cm³/mol. The number of halogens is 1. The van der Waals surface area contributed by atoms with Gasteiger partial charge in [0.05, 0.1) is 6.54 Å². The second-order valence-corrected chi connectivity index (χ2v) is 6.72. The van der Waals surface area contributed by atoms with Gasteiger partial charge in [-0.25, -0.2) is 4.39 Å². The van der Waals surface area contributed by atoms with Gasteiger partial charge in [-0.1, -0.05) is 43.3 Å². The van der Waals surface area contributed by atoms with E-state index in [2.05, 4.69) is 5.32 Å². The van der Waals surface area contributed by atoms with Crippen molar-refractivity contribution in [2.75, 3.05) is 18.9 Å². The van der Waals surface area contributed by atoms with Crippen LogP contribution in [0.3, 0.4) is 0 Å². The first kappa shape index (κ1) is 18.1. The summed E-state index contributed by atoms with van der Waals surface area (Å²) in [6, 6.07) is 14.2. The zero-order valence-electron chi connectivity index (χ0n) is 15.0. The quantitative estimate of drug-likeness (QED) is 0.862. The molecule has 1 saturated carbocycles. The smallest absolute Gasteiger partial charge is 0.243 e. The monoisotopic (exact) mass is 354 g/mol. The maximum atomic E-state index is 13.9. The molecule has 26 heavy (non-hydrogen) atoms. The molecule has 0 heterocycles. The fourth-order valence-corrected chi connectivity index (χ4v) is 3.30. The SMILES string of the molecule is CCc1ccccc1NC(=O)CN(C)C(=O)C1CC1c1ccccc1F. The van der Waals surface area contributed by atoms with E-state index in [1.54, 1.807) is 25.2 Å². The molecule has 2 atom stereocenters. The van der Waals surface area contributed by atoms with Crippen LogP contribution in [-0.2, 0) is 16.0 Å². The van der Waals surface area contributed by atoms with Crippen LogP contribution in [0.1, 0.15) is 30.4 Å². The molecule has 0 bridgehead atoms. The van der Waals surface area contributed by atoms with Gasteiger partial charge in [0.1, 0.15) is 5.82 Å². The summed E-state index contributed by atoms with van der Waals surface area (Å²) in [5, 5.41) is 2.87. The van der Waals surface area contributed by atoms with Gasteiger partial charge in [-0.05, 0) is 42.0 Å². The first-order chi connectivity index (χ1) is 12.5. The zero-order valence-corrected chi connectivity index (χ0v) is 15.0. The van der Waals surface area contributed by atoms with Crippen molar-refractivity contribution in [1.82, 2.24) is 4.90 Å². The number of rotatable bonds is 6. The van der Waals surface area contributed by atoms with Gasteiger partial charge in [-0.3, -0.25) is 9.59 Å². The normalized spacial score (nSPS) is 18.3. The van der Waals surface area contributed by atoms with E-state index in [0.717, 1.165) is 17.7 Å². The molecule has 4 nitrogen and oxygen atoms in total. The van der Waals surface area contributed by atoms with Crippen molar-refractivity contribution < 1.29 is 14.0 Å². The molecule has 1 aliphatic rings. The minimum absolute atomic E-state index is 0.0165. The number of hydrogen-bond donors (Lipinski definition) is 1. The molecule has 1 N–H and O–H groups in total. The van der Waals surface area contributed by atoms with Gasteiger partial charge in [0, 0.05) is 18.7 Å². The van der Waals surface area contributed by atoms with E-state index < -0.39 is 0 Å². The predicted octanol–water partition coefficient (Wildman–Crippen LogP) is 3.59. The number of benzene rings is 2. The van der Waals surface area contributed by atoms with Crippen LogP contribution in [0.15, 0.2) is 48.5 Å². The Bertz CT molecular complexity index is 821. The zero-order chi connectivity index (χ0) is 18.7. The van der Waals surface area contributed by atoms with Crippen molar-refractivity contribution >= 4 is 17.5 Å². The minimum Gasteiger partial charge on any atom is -0.336 e. The molecule has 2 amide bonds. The number of para-hydroxylation sites is 1. The van der Waals surface area contributed by atoms with E-state index >= 15 is 0 Å². The summed E-state index contributed by atoms with van der Waals surface area (Å²) in [6.07, 6.45) is 1.45. The fraction of sp³-hybridized carbons (Fsp3) is 0.333. The number of anilines is 1. The second kappa shape index (κ2) is 7.68. The third-order valence-corrected chi connectivity index (χ3v) is 4.84. The highest BCUT2D eigenvalue weighted by Crippen LogP contribution is 2.49. The summed E-state index contributed by atoms with van der Waals surface area (Å²) < 4.78 is 13.9. The lowest BCUT2D eigenvalue weighted by Crippen LogP contribution is -2.36. The molecule has 0 spiro atoms. The van der Waals surface area contributed by atoms with Crippen LogP contribution in [0.5, 0.6) is 0 Å². The number of carbonyl (C=O) groups is 2. The molecular formula is C21H23FN2O2. The van der Waals surface area contributed by atoms with Crippen LogP contribution in [0, 0.1) is 11.7 Å². The third-order valence-electron chi connectivity index (χ3n) is 4.84. The molecule has 0 aliphatic heterocycles. The van der Waals surface area contributed by atoms with Gasteiger partial charge in [-0.15, -0.1) is 0 Å². The standard InChI is InChI=1S/C21H23FN2O2/c1-3-14-8-4-7-11-19(14)23-20(25)13-24(2)21(26)17-12-16(17)15-9-5-6-10-18(15)22/h4-11,16-17H,3,12-13H2,1-2H3,(H,23,25). The van der Waals surface area contributed by atoms with Crippen LogP contribution < -0.4 is 5.32 Å². The number of nitrogens with one attached hydrogen (secondary N) is 1. The second-order valence-electron chi connectivity index (χ2n) is 6.72. The maximum Gasteiger partial charge on any atom is 0.243 e. The largest absolute Gasteiger partial charge is 0.336 e.